The van der Waals surface area contributed by atoms with Gasteiger partial charge in [0.05, 0.1) is 0 Å². The van der Waals surface area contributed by atoms with Crippen LogP contribution in [0.4, 0.5) is 0 Å². The summed E-state index contributed by atoms with van der Waals surface area (Å²) < 4.78 is 5.48. The second kappa shape index (κ2) is 5.76. The van der Waals surface area contributed by atoms with E-state index in [0.717, 1.165) is 39.0 Å². The molecule has 3 unspecified atom stereocenters. The maximum atomic E-state index is 12.3. The van der Waals surface area contributed by atoms with Crippen LogP contribution < -0.4 is 5.73 Å². The van der Waals surface area contributed by atoms with Crippen molar-refractivity contribution in [3.05, 3.63) is 0 Å². The van der Waals surface area contributed by atoms with E-state index in [4.69, 9.17) is 10.5 Å². The molecule has 1 amide bonds. The molecule has 104 valence electrons. The summed E-state index contributed by atoms with van der Waals surface area (Å²) in [5, 5.41) is 0. The van der Waals surface area contributed by atoms with Crippen LogP contribution in [0.5, 0.6) is 0 Å². The number of hydrogen-bond donors (Lipinski definition) is 1. The van der Waals surface area contributed by atoms with Crippen LogP contribution in [0.25, 0.3) is 0 Å². The van der Waals surface area contributed by atoms with Gasteiger partial charge in [0.2, 0.25) is 0 Å². The highest BCUT2D eigenvalue weighted by molar-refractivity contribution is 5.85. The second-order valence-electron chi connectivity index (χ2n) is 5.76. The van der Waals surface area contributed by atoms with E-state index in [1.807, 2.05) is 4.90 Å². The molecule has 0 spiro atoms. The first-order valence-corrected chi connectivity index (χ1v) is 6.91. The van der Waals surface area contributed by atoms with Crippen molar-refractivity contribution in [1.29, 1.82) is 0 Å². The molecule has 2 heterocycles. The molecule has 0 radical (unpaired) electrons. The van der Waals surface area contributed by atoms with Gasteiger partial charge in [-0.3, -0.25) is 4.79 Å². The quantitative estimate of drug-likeness (QED) is 0.781. The predicted molar refractivity (Wildman–Crippen MR) is 71.6 cm³/mol. The van der Waals surface area contributed by atoms with Crippen molar-refractivity contribution in [2.24, 2.45) is 17.6 Å². The minimum atomic E-state index is -0.161. The van der Waals surface area contributed by atoms with Gasteiger partial charge in [0, 0.05) is 25.7 Å². The van der Waals surface area contributed by atoms with Gasteiger partial charge in [-0.25, -0.2) is 0 Å². The van der Waals surface area contributed by atoms with Crippen molar-refractivity contribution in [2.45, 2.75) is 44.2 Å². The highest BCUT2D eigenvalue weighted by Gasteiger charge is 2.42. The summed E-state index contributed by atoms with van der Waals surface area (Å²) in [7, 11) is 0. The Labute approximate surface area is 115 Å². The molecule has 0 aromatic carbocycles. The fourth-order valence-corrected chi connectivity index (χ4v) is 3.67. The van der Waals surface area contributed by atoms with Crippen molar-refractivity contribution in [3.8, 4) is 0 Å². The molecule has 5 heteroatoms. The minimum absolute atomic E-state index is 0. The summed E-state index contributed by atoms with van der Waals surface area (Å²) in [6.45, 7) is 2.53. The van der Waals surface area contributed by atoms with E-state index in [1.165, 1.54) is 12.8 Å². The Morgan fingerprint density at radius 3 is 2.67 bits per heavy atom. The lowest BCUT2D eigenvalue weighted by Crippen LogP contribution is -2.40. The van der Waals surface area contributed by atoms with Gasteiger partial charge in [0.15, 0.2) is 0 Å². The first kappa shape index (κ1) is 14.1. The number of hydrogen-bond acceptors (Lipinski definition) is 3. The summed E-state index contributed by atoms with van der Waals surface area (Å²) in [5.74, 6) is 1.39. The molecule has 0 bridgehead atoms. The Balaban J connectivity index is 0.00000120. The molecule has 2 N–H and O–H groups in total. The predicted octanol–water partition coefficient (Wildman–Crippen LogP) is 1.17. The monoisotopic (exact) mass is 274 g/mol. The van der Waals surface area contributed by atoms with Crippen LogP contribution in [0.3, 0.4) is 0 Å². The zero-order chi connectivity index (χ0) is 11.8. The second-order valence-corrected chi connectivity index (χ2v) is 5.76. The molecule has 18 heavy (non-hydrogen) atoms. The van der Waals surface area contributed by atoms with Crippen LogP contribution in [0.1, 0.15) is 32.1 Å². The number of carbonyl (C=O) groups is 1. The van der Waals surface area contributed by atoms with Crippen LogP contribution >= 0.6 is 12.4 Å². The van der Waals surface area contributed by atoms with Gasteiger partial charge in [-0.1, -0.05) is 6.42 Å². The molecule has 3 fully saturated rings. The smallest absolute Gasteiger partial charge is 0.251 e. The number of likely N-dealkylation sites (tertiary alicyclic amines) is 1. The van der Waals surface area contributed by atoms with Crippen LogP contribution in [-0.2, 0) is 9.53 Å². The number of fused-ring (bicyclic) bond motifs is 1. The van der Waals surface area contributed by atoms with E-state index in [1.54, 1.807) is 0 Å². The largest absolute Gasteiger partial charge is 0.368 e. The normalized spacial score (nSPS) is 39.3. The standard InChI is InChI=1S/C13H22N2O2.ClH/c14-11-4-1-3-9-7-15(8-10(9)11)13(16)12-5-2-6-17-12;/h9-12H,1-8,14H2;1H/t9?,10?,11?,12-;/m1./s1. The Hall–Kier alpha value is -0.320. The van der Waals surface area contributed by atoms with Crippen molar-refractivity contribution in [3.63, 3.8) is 0 Å². The molecule has 1 saturated carbocycles. The molecule has 3 aliphatic rings. The molecule has 4 atom stereocenters. The third kappa shape index (κ3) is 2.51. The summed E-state index contributed by atoms with van der Waals surface area (Å²) in [6, 6.07) is 0.302. The fourth-order valence-electron chi connectivity index (χ4n) is 3.67. The highest BCUT2D eigenvalue weighted by Crippen LogP contribution is 2.36. The Morgan fingerprint density at radius 2 is 2.00 bits per heavy atom. The Morgan fingerprint density at radius 1 is 1.17 bits per heavy atom. The number of ether oxygens (including phenoxy) is 1. The van der Waals surface area contributed by atoms with Gasteiger partial charge in [-0.15, -0.1) is 12.4 Å². The first-order valence-electron chi connectivity index (χ1n) is 6.91. The lowest BCUT2D eigenvalue weighted by molar-refractivity contribution is -0.140. The molecule has 2 aliphatic heterocycles. The first-order chi connectivity index (χ1) is 8.25. The molecular weight excluding hydrogens is 252 g/mol. The number of rotatable bonds is 1. The third-order valence-electron chi connectivity index (χ3n) is 4.67. The Kier molecular flexibility index (Phi) is 4.51. The third-order valence-corrected chi connectivity index (χ3v) is 4.67. The van der Waals surface area contributed by atoms with Crippen LogP contribution in [-0.4, -0.2) is 42.6 Å². The van der Waals surface area contributed by atoms with Crippen LogP contribution in [0.2, 0.25) is 0 Å². The minimum Gasteiger partial charge on any atom is -0.368 e. The average Bonchev–Trinajstić information content (AvgIpc) is 2.98. The van der Waals surface area contributed by atoms with Crippen molar-refractivity contribution in [1.82, 2.24) is 4.90 Å². The fraction of sp³-hybridized carbons (Fsp3) is 0.923. The molecule has 1 aliphatic carbocycles. The molecule has 0 aromatic rings. The van der Waals surface area contributed by atoms with Gasteiger partial charge in [-0.2, -0.15) is 0 Å². The van der Waals surface area contributed by atoms with Gasteiger partial charge in [0.1, 0.15) is 6.10 Å². The maximum absolute atomic E-state index is 12.3. The van der Waals surface area contributed by atoms with Crippen LogP contribution in [0, 0.1) is 11.8 Å². The van der Waals surface area contributed by atoms with E-state index in [0.29, 0.717) is 17.9 Å². The highest BCUT2D eigenvalue weighted by atomic mass is 35.5. The van der Waals surface area contributed by atoms with E-state index in [9.17, 15) is 4.79 Å². The average molecular weight is 275 g/mol. The number of amides is 1. The Bertz CT molecular complexity index is 307. The molecule has 3 rings (SSSR count). The molecular formula is C13H23ClN2O2. The summed E-state index contributed by atoms with van der Waals surface area (Å²) in [4.78, 5) is 14.3. The van der Waals surface area contributed by atoms with Crippen molar-refractivity contribution >= 4 is 18.3 Å². The van der Waals surface area contributed by atoms with E-state index < -0.39 is 0 Å². The molecule has 4 nitrogen and oxygen atoms in total. The SMILES string of the molecule is Cl.NC1CCCC2CN(C(=O)[C@H]3CCCO3)CC12. The summed E-state index contributed by atoms with van der Waals surface area (Å²) >= 11 is 0. The number of nitrogens with zero attached hydrogens (tertiary/aromatic N) is 1. The van der Waals surface area contributed by atoms with Gasteiger partial charge >= 0.3 is 0 Å². The molecule has 0 aromatic heterocycles. The van der Waals surface area contributed by atoms with E-state index in [2.05, 4.69) is 0 Å². The van der Waals surface area contributed by atoms with E-state index in [-0.39, 0.29) is 24.4 Å². The molecule has 2 saturated heterocycles. The van der Waals surface area contributed by atoms with Crippen LogP contribution in [0.15, 0.2) is 0 Å². The zero-order valence-corrected chi connectivity index (χ0v) is 11.5. The number of carbonyl (C=O) groups excluding carboxylic acids is 1. The number of halogens is 1. The summed E-state index contributed by atoms with van der Waals surface area (Å²) in [6.07, 6.45) is 5.36. The summed E-state index contributed by atoms with van der Waals surface area (Å²) in [5.41, 5.74) is 6.17. The maximum Gasteiger partial charge on any atom is 0.251 e. The van der Waals surface area contributed by atoms with E-state index >= 15 is 0 Å². The lowest BCUT2D eigenvalue weighted by Gasteiger charge is -2.29. The topological polar surface area (TPSA) is 55.6 Å². The van der Waals surface area contributed by atoms with Gasteiger partial charge in [0.25, 0.3) is 5.91 Å². The lowest BCUT2D eigenvalue weighted by atomic mass is 9.78. The zero-order valence-electron chi connectivity index (χ0n) is 10.7. The van der Waals surface area contributed by atoms with Crippen molar-refractivity contribution < 1.29 is 9.53 Å². The van der Waals surface area contributed by atoms with Crippen molar-refractivity contribution in [2.75, 3.05) is 19.7 Å². The number of nitrogens with two attached hydrogens (primary N) is 1. The van der Waals surface area contributed by atoms with Gasteiger partial charge < -0.3 is 15.4 Å². The van der Waals surface area contributed by atoms with Gasteiger partial charge in [-0.05, 0) is 37.5 Å².